The van der Waals surface area contributed by atoms with Crippen molar-refractivity contribution >= 4 is 11.9 Å². The molecule has 0 aromatic rings. The minimum atomic E-state index is -1.39. The average molecular weight is 290 g/mol. The van der Waals surface area contributed by atoms with Gasteiger partial charge in [-0.15, -0.1) is 0 Å². The third-order valence-electron chi connectivity index (χ3n) is 2.89. The SMILES string of the molecule is CCC1O[C@H](OC)C(OC(=O)/C=C/C(=O)O)[C@H](O)[C@@H]1O. The Morgan fingerprint density at radius 3 is 2.40 bits per heavy atom. The van der Waals surface area contributed by atoms with E-state index in [4.69, 9.17) is 19.3 Å². The minimum Gasteiger partial charge on any atom is -0.478 e. The highest BCUT2D eigenvalue weighted by Crippen LogP contribution is 2.25. The fraction of sp³-hybridized carbons (Fsp3) is 0.667. The molecular formula is C12H18O8. The van der Waals surface area contributed by atoms with Crippen LogP contribution in [0.3, 0.4) is 0 Å². The van der Waals surface area contributed by atoms with Gasteiger partial charge in [-0.2, -0.15) is 0 Å². The lowest BCUT2D eigenvalue weighted by atomic mass is 9.97. The van der Waals surface area contributed by atoms with E-state index in [1.807, 2.05) is 0 Å². The van der Waals surface area contributed by atoms with Crippen LogP contribution in [0.1, 0.15) is 13.3 Å². The number of hydrogen-bond acceptors (Lipinski definition) is 7. The van der Waals surface area contributed by atoms with Gasteiger partial charge >= 0.3 is 11.9 Å². The molecule has 5 atom stereocenters. The van der Waals surface area contributed by atoms with Gasteiger partial charge < -0.3 is 29.5 Å². The molecule has 0 aliphatic carbocycles. The molecular weight excluding hydrogens is 272 g/mol. The Labute approximate surface area is 115 Å². The van der Waals surface area contributed by atoms with Crippen LogP contribution in [0, 0.1) is 0 Å². The molecule has 20 heavy (non-hydrogen) atoms. The van der Waals surface area contributed by atoms with Crippen molar-refractivity contribution in [1.82, 2.24) is 0 Å². The van der Waals surface area contributed by atoms with Crippen LogP contribution in [0.2, 0.25) is 0 Å². The number of hydrogen-bond donors (Lipinski definition) is 3. The summed E-state index contributed by atoms with van der Waals surface area (Å²) in [6, 6.07) is 0. The number of aliphatic carboxylic acids is 1. The van der Waals surface area contributed by atoms with Gasteiger partial charge in [0.1, 0.15) is 12.2 Å². The maximum atomic E-state index is 11.4. The van der Waals surface area contributed by atoms with E-state index in [9.17, 15) is 19.8 Å². The lowest BCUT2D eigenvalue weighted by molar-refractivity contribution is -0.293. The van der Waals surface area contributed by atoms with Crippen LogP contribution in [-0.2, 0) is 23.8 Å². The highest BCUT2D eigenvalue weighted by molar-refractivity contribution is 5.90. The standard InChI is InChI=1S/C12H18O8/c1-3-6-9(16)10(17)11(12(18-2)19-6)20-8(15)5-4-7(13)14/h4-6,9-12,16-17H,3H2,1-2H3,(H,13,14)/b5-4+/t6?,9-,10-,11?,12+/m1/s1. The van der Waals surface area contributed by atoms with E-state index in [0.29, 0.717) is 18.6 Å². The molecule has 0 spiro atoms. The first-order valence-corrected chi connectivity index (χ1v) is 6.06. The number of carbonyl (C=O) groups is 2. The summed E-state index contributed by atoms with van der Waals surface area (Å²) in [5.74, 6) is -2.29. The lowest BCUT2D eigenvalue weighted by Crippen LogP contribution is -2.59. The van der Waals surface area contributed by atoms with Crippen molar-refractivity contribution in [3.8, 4) is 0 Å². The fourth-order valence-electron chi connectivity index (χ4n) is 1.87. The molecule has 1 aliphatic rings. The van der Waals surface area contributed by atoms with E-state index in [-0.39, 0.29) is 0 Å². The topological polar surface area (TPSA) is 123 Å². The summed E-state index contributed by atoms with van der Waals surface area (Å²) in [7, 11) is 1.30. The maximum Gasteiger partial charge on any atom is 0.331 e. The zero-order valence-electron chi connectivity index (χ0n) is 11.1. The number of carboxylic acid groups (broad SMARTS) is 1. The summed E-state index contributed by atoms with van der Waals surface area (Å²) in [6.07, 6.45) is -3.80. The Kier molecular flexibility index (Phi) is 6.08. The van der Waals surface area contributed by atoms with Gasteiger partial charge in [0.15, 0.2) is 12.4 Å². The Balaban J connectivity index is 2.75. The van der Waals surface area contributed by atoms with Crippen LogP contribution >= 0.6 is 0 Å². The second-order valence-corrected chi connectivity index (χ2v) is 4.24. The first kappa shape index (κ1) is 16.6. The van der Waals surface area contributed by atoms with Gasteiger partial charge in [-0.05, 0) is 6.42 Å². The number of aliphatic hydroxyl groups excluding tert-OH is 2. The first-order valence-electron chi connectivity index (χ1n) is 6.06. The number of carboxylic acids is 1. The highest BCUT2D eigenvalue weighted by atomic mass is 16.7. The van der Waals surface area contributed by atoms with Gasteiger partial charge in [0.2, 0.25) is 0 Å². The number of methoxy groups -OCH3 is 1. The molecule has 3 N–H and O–H groups in total. The zero-order valence-corrected chi connectivity index (χ0v) is 11.1. The Morgan fingerprint density at radius 2 is 1.90 bits per heavy atom. The summed E-state index contributed by atoms with van der Waals surface area (Å²) in [6.45, 7) is 1.76. The molecule has 1 rings (SSSR count). The smallest absolute Gasteiger partial charge is 0.331 e. The summed E-state index contributed by atoms with van der Waals surface area (Å²) >= 11 is 0. The normalized spacial score (nSPS) is 34.1. The van der Waals surface area contributed by atoms with Crippen molar-refractivity contribution in [2.45, 2.75) is 44.1 Å². The number of esters is 1. The van der Waals surface area contributed by atoms with Crippen molar-refractivity contribution in [1.29, 1.82) is 0 Å². The largest absolute Gasteiger partial charge is 0.478 e. The van der Waals surface area contributed by atoms with Crippen LogP contribution in [0.15, 0.2) is 12.2 Å². The van der Waals surface area contributed by atoms with Crippen molar-refractivity contribution in [3.63, 3.8) is 0 Å². The Hall–Kier alpha value is -1.48. The van der Waals surface area contributed by atoms with Crippen molar-refractivity contribution in [2.75, 3.05) is 7.11 Å². The monoisotopic (exact) mass is 290 g/mol. The van der Waals surface area contributed by atoms with Crippen LogP contribution in [0.25, 0.3) is 0 Å². The fourth-order valence-corrected chi connectivity index (χ4v) is 1.87. The summed E-state index contributed by atoms with van der Waals surface area (Å²) in [5.41, 5.74) is 0. The third-order valence-corrected chi connectivity index (χ3v) is 2.89. The second-order valence-electron chi connectivity index (χ2n) is 4.24. The molecule has 1 saturated heterocycles. The number of rotatable bonds is 5. The molecule has 8 nitrogen and oxygen atoms in total. The second kappa shape index (κ2) is 7.34. The van der Waals surface area contributed by atoms with Gasteiger partial charge in [0, 0.05) is 19.3 Å². The summed E-state index contributed by atoms with van der Waals surface area (Å²) in [5, 5.41) is 28.2. The molecule has 0 aromatic heterocycles. The van der Waals surface area contributed by atoms with Crippen LogP contribution < -0.4 is 0 Å². The van der Waals surface area contributed by atoms with Gasteiger partial charge in [-0.3, -0.25) is 0 Å². The van der Waals surface area contributed by atoms with Gasteiger partial charge in [0.05, 0.1) is 6.10 Å². The molecule has 8 heteroatoms. The average Bonchev–Trinajstić information content (AvgIpc) is 2.42. The maximum absolute atomic E-state index is 11.4. The molecule has 1 aliphatic heterocycles. The quantitative estimate of drug-likeness (QED) is 0.437. The van der Waals surface area contributed by atoms with Crippen LogP contribution in [0.5, 0.6) is 0 Å². The van der Waals surface area contributed by atoms with E-state index in [1.165, 1.54) is 7.11 Å². The van der Waals surface area contributed by atoms with E-state index in [0.717, 1.165) is 0 Å². The molecule has 0 bridgehead atoms. The molecule has 0 aromatic carbocycles. The van der Waals surface area contributed by atoms with Gasteiger partial charge in [-0.1, -0.05) is 6.92 Å². The van der Waals surface area contributed by atoms with Crippen molar-refractivity contribution in [2.24, 2.45) is 0 Å². The predicted octanol–water partition coefficient (Wildman–Crippen LogP) is -0.958. The van der Waals surface area contributed by atoms with Crippen molar-refractivity contribution in [3.05, 3.63) is 12.2 Å². The Bertz CT molecular complexity index is 378. The zero-order chi connectivity index (χ0) is 15.3. The number of carbonyl (C=O) groups excluding carboxylic acids is 1. The van der Waals surface area contributed by atoms with E-state index >= 15 is 0 Å². The third kappa shape index (κ3) is 4.01. The molecule has 0 saturated carbocycles. The van der Waals surface area contributed by atoms with Crippen molar-refractivity contribution < 1.29 is 39.1 Å². The van der Waals surface area contributed by atoms with Crippen LogP contribution in [-0.4, -0.2) is 65.1 Å². The number of ether oxygens (including phenoxy) is 3. The molecule has 114 valence electrons. The number of aliphatic hydroxyl groups is 2. The van der Waals surface area contributed by atoms with Gasteiger partial charge in [-0.25, -0.2) is 9.59 Å². The summed E-state index contributed by atoms with van der Waals surface area (Å²) < 4.78 is 15.2. The predicted molar refractivity (Wildman–Crippen MR) is 64.6 cm³/mol. The first-order chi connectivity index (χ1) is 9.40. The minimum absolute atomic E-state index is 0.442. The van der Waals surface area contributed by atoms with E-state index in [1.54, 1.807) is 6.92 Å². The summed E-state index contributed by atoms with van der Waals surface area (Å²) in [4.78, 5) is 21.7. The molecule has 1 fully saturated rings. The molecule has 2 unspecified atom stereocenters. The molecule has 0 radical (unpaired) electrons. The van der Waals surface area contributed by atoms with Gasteiger partial charge in [0.25, 0.3) is 0 Å². The van der Waals surface area contributed by atoms with Crippen LogP contribution in [0.4, 0.5) is 0 Å². The lowest BCUT2D eigenvalue weighted by Gasteiger charge is -2.41. The Morgan fingerprint density at radius 1 is 1.25 bits per heavy atom. The highest BCUT2D eigenvalue weighted by Gasteiger charge is 2.46. The van der Waals surface area contributed by atoms with E-state index < -0.39 is 42.6 Å². The molecule has 0 amide bonds. The molecule has 1 heterocycles. The van der Waals surface area contributed by atoms with E-state index in [2.05, 4.69) is 0 Å².